The zero-order chi connectivity index (χ0) is 50.0. The number of rotatable bonds is 36. The Morgan fingerprint density at radius 1 is 0.656 bits per heavy atom. The van der Waals surface area contributed by atoms with Gasteiger partial charge in [0.1, 0.15) is 21.4 Å². The van der Waals surface area contributed by atoms with Crippen LogP contribution >= 0.6 is 0 Å². The van der Waals surface area contributed by atoms with Gasteiger partial charge in [-0.3, -0.25) is 9.80 Å². The molecule has 2 aliphatic rings. The van der Waals surface area contributed by atoms with Crippen molar-refractivity contribution in [3.05, 3.63) is 0 Å². The highest BCUT2D eigenvalue weighted by Gasteiger charge is 2.57. The van der Waals surface area contributed by atoms with Gasteiger partial charge in [-0.25, -0.2) is 0 Å². The summed E-state index contributed by atoms with van der Waals surface area (Å²) in [4.78, 5) is 15.0. The van der Waals surface area contributed by atoms with Crippen LogP contribution in [0.4, 0.5) is 0 Å². The van der Waals surface area contributed by atoms with Gasteiger partial charge in [-0.15, -0.1) is 0 Å². The largest absolute Gasteiger partial charge is 0.498 e. The number of ether oxygens (including phenoxy) is 2. The normalized spacial score (nSPS) is 20.9. The number of nitrogens with zero attached hydrogens (tertiary/aromatic N) is 2. The third-order valence-corrected chi connectivity index (χ3v) is 40.4. The smallest absolute Gasteiger partial charge is 0.423 e. The van der Waals surface area contributed by atoms with Gasteiger partial charge in [-0.2, -0.15) is 0 Å². The van der Waals surface area contributed by atoms with Crippen LogP contribution in [0.15, 0.2) is 0 Å². The molecule has 29 heteroatoms. The topological polar surface area (TPSA) is 225 Å². The molecule has 2 fully saturated rings. The molecule has 2 saturated heterocycles. The van der Waals surface area contributed by atoms with Crippen molar-refractivity contribution in [2.45, 2.75) is 123 Å². The summed E-state index contributed by atoms with van der Waals surface area (Å²) in [6.45, 7) is 37.3. The van der Waals surface area contributed by atoms with E-state index in [1.54, 1.807) is 0 Å². The highest BCUT2D eigenvalue weighted by molar-refractivity contribution is 7.14. The van der Waals surface area contributed by atoms with E-state index in [9.17, 15) is 0 Å². The molecular formula is C35H93BN6O13Si9. The number of hydrogen-bond donors (Lipinski definition) is 6. The van der Waals surface area contributed by atoms with Crippen LogP contribution in [0, 0.1) is 0 Å². The molecule has 0 amide bonds. The van der Waals surface area contributed by atoms with E-state index in [4.69, 9.17) is 71.1 Å². The van der Waals surface area contributed by atoms with Crippen molar-refractivity contribution in [1.82, 2.24) is 20.4 Å². The zero-order valence-electron chi connectivity index (χ0n) is 44.6. The Morgan fingerprint density at radius 2 is 1.11 bits per heavy atom. The van der Waals surface area contributed by atoms with Crippen LogP contribution in [0.25, 0.3) is 0 Å². The molecule has 8 N–H and O–H groups in total. The van der Waals surface area contributed by atoms with Crippen molar-refractivity contribution in [3.63, 3.8) is 0 Å². The standard InChI is InChI=1S/C35H93BN6O13Si9/c1-35(2,47-56(33-41-23-27-45-28-24-41)49-60(9,10)53-62(13,51-58(5,6)43)31-15-19-39-21-17-37)48-64(50-57(3,4)36,34-42-25-29-46-30-26-42)55-61(11,12)54-63(14,52-59(7,8)44)32-16-20-40-22-18-38/h39-40,43-44,56H,15-34,36-38H2,1-14H3/i43D,44D. The third kappa shape index (κ3) is 27.6. The lowest BCUT2D eigenvalue weighted by Gasteiger charge is -2.48. The molecule has 2 heterocycles. The fourth-order valence-corrected chi connectivity index (χ4v) is 44.7. The Labute approximate surface area is 402 Å². The van der Waals surface area contributed by atoms with Gasteiger partial charge in [0, 0.05) is 58.5 Å². The van der Waals surface area contributed by atoms with Crippen LogP contribution in [0.1, 0.15) is 26.7 Å². The summed E-state index contributed by atoms with van der Waals surface area (Å²) in [5.74, 6) is -1.24. The minimum Gasteiger partial charge on any atom is -0.423 e. The molecule has 0 aromatic heterocycles. The molecule has 0 aromatic carbocycles. The summed E-state index contributed by atoms with van der Waals surface area (Å²) < 4.78 is 91.5. The highest BCUT2D eigenvalue weighted by atomic mass is 28.5. The van der Waals surface area contributed by atoms with Crippen molar-refractivity contribution in [1.29, 1.82) is 2.86 Å². The molecule has 0 bridgehead atoms. The van der Waals surface area contributed by atoms with Crippen LogP contribution in [0.5, 0.6) is 0 Å². The predicted molar refractivity (Wildman–Crippen MR) is 278 cm³/mol. The monoisotopic (exact) mass is 1070 g/mol. The quantitative estimate of drug-likeness (QED) is 0.0292. The van der Waals surface area contributed by atoms with Gasteiger partial charge in [-0.1, -0.05) is 13.1 Å². The van der Waals surface area contributed by atoms with Crippen LogP contribution < -0.4 is 22.1 Å². The number of hydrogen-bond acceptors (Lipinski definition) is 19. The number of nitrogens with two attached hydrogens (primary N) is 2. The molecule has 0 radical (unpaired) electrons. The van der Waals surface area contributed by atoms with E-state index in [-0.39, 0.29) is 0 Å². The molecule has 0 aliphatic carbocycles. The summed E-state index contributed by atoms with van der Waals surface area (Å²) in [5.41, 5.74) is 11.5. The van der Waals surface area contributed by atoms with Crippen molar-refractivity contribution in [3.8, 4) is 0 Å². The van der Waals surface area contributed by atoms with Crippen molar-refractivity contribution in [2.75, 3.05) is 104 Å². The van der Waals surface area contributed by atoms with Crippen LogP contribution in [0.2, 0.25) is 90.7 Å². The Bertz CT molecular complexity index is 1380. The maximum atomic E-state index is 7.85. The maximum Gasteiger partial charge on any atom is 0.498 e. The molecule has 2 aliphatic heterocycles. The molecular weight excluding hydrogens is 976 g/mol. The lowest BCUT2D eigenvalue weighted by Crippen LogP contribution is -2.69. The van der Waals surface area contributed by atoms with Gasteiger partial charge in [0.25, 0.3) is 0 Å². The van der Waals surface area contributed by atoms with Gasteiger partial charge in [0.05, 0.1) is 32.6 Å². The van der Waals surface area contributed by atoms with Crippen molar-refractivity contribution >= 4 is 85.1 Å². The van der Waals surface area contributed by atoms with E-state index in [0.29, 0.717) is 77.0 Å². The minimum absolute atomic E-state index is 0.407. The Kier molecular flexibility index (Phi) is 24.6. The number of morpholine rings is 2. The SMILES string of the molecule is [2H]O[Si](C)(C)O[Si](C)(CCCNCCN)O[Si](C)(C)O[SiH](CN1CCOCC1)OC(C)(C)O[Si](CN1CCOCC1)(O[Si](B)(C)C)O[Si](C)(C)O[Si](C)(CCCNCCN)O[Si](C)(C)O[2H]. The van der Waals surface area contributed by atoms with E-state index in [0.717, 1.165) is 52.1 Å². The molecule has 4 atom stereocenters. The van der Waals surface area contributed by atoms with Gasteiger partial charge < -0.3 is 78.8 Å². The molecule has 0 aromatic rings. The first-order valence-corrected chi connectivity index (χ1v) is 46.8. The second kappa shape index (κ2) is 27.2. The molecule has 380 valence electrons. The summed E-state index contributed by atoms with van der Waals surface area (Å²) >= 11 is 0. The summed E-state index contributed by atoms with van der Waals surface area (Å²) in [5, 5.41) is 6.76. The van der Waals surface area contributed by atoms with Crippen molar-refractivity contribution < 1.29 is 56.7 Å². The van der Waals surface area contributed by atoms with E-state index >= 15 is 0 Å². The fourth-order valence-electron chi connectivity index (χ4n) is 8.05. The Hall–Kier alpha value is 1.26. The fraction of sp³-hybridized carbons (Fsp3) is 1.00. The molecule has 19 nitrogen and oxygen atoms in total. The summed E-state index contributed by atoms with van der Waals surface area (Å²) in [6, 6.07) is 1.35. The summed E-state index contributed by atoms with van der Waals surface area (Å²) in [6.07, 6.45) is 2.59. The molecule has 0 saturated carbocycles. The average molecular weight is 1070 g/mol. The lowest BCUT2D eigenvalue weighted by atomic mass is 10.4. The lowest BCUT2D eigenvalue weighted by molar-refractivity contribution is -0.129. The van der Waals surface area contributed by atoms with Gasteiger partial charge in [0.15, 0.2) is 2.86 Å². The molecule has 4 unspecified atom stereocenters. The molecule has 0 spiro atoms. The summed E-state index contributed by atoms with van der Waals surface area (Å²) in [7, 11) is -24.6. The maximum absolute atomic E-state index is 7.85. The van der Waals surface area contributed by atoms with E-state index in [1.807, 2.05) is 59.7 Å². The first kappa shape index (κ1) is 57.8. The Balaban J connectivity index is 2.61. The first-order valence-electron chi connectivity index (χ1n) is 24.2. The van der Waals surface area contributed by atoms with E-state index in [1.165, 1.54) is 0 Å². The second-order valence-electron chi connectivity index (χ2n) is 20.5. The van der Waals surface area contributed by atoms with Crippen LogP contribution in [0.3, 0.4) is 0 Å². The third-order valence-electron chi connectivity index (χ3n) is 9.58. The first-order chi connectivity index (χ1) is 30.4. The van der Waals surface area contributed by atoms with Gasteiger partial charge >= 0.3 is 69.5 Å². The second-order valence-corrected chi connectivity index (χ2v) is 50.7. The highest BCUT2D eigenvalue weighted by Crippen LogP contribution is 2.33. The number of nitrogens with one attached hydrogen (secondary N) is 2. The average Bonchev–Trinajstić information content (AvgIpc) is 3.15. The molecule has 2 rings (SSSR count). The van der Waals surface area contributed by atoms with E-state index in [2.05, 4.69) is 60.6 Å². The van der Waals surface area contributed by atoms with Gasteiger partial charge in [-0.05, 0) is 117 Å². The van der Waals surface area contributed by atoms with Crippen molar-refractivity contribution in [2.24, 2.45) is 11.5 Å². The minimum atomic E-state index is -3.79. The van der Waals surface area contributed by atoms with Crippen LogP contribution in [-0.4, -0.2) is 217 Å². The van der Waals surface area contributed by atoms with E-state index < -0.39 is 83.4 Å². The Morgan fingerprint density at radius 3 is 1.55 bits per heavy atom. The van der Waals surface area contributed by atoms with Crippen LogP contribution in [-0.2, 0) is 47.1 Å². The van der Waals surface area contributed by atoms with Gasteiger partial charge in [0.2, 0.25) is 0 Å². The zero-order valence-corrected chi connectivity index (χ0v) is 51.7. The predicted octanol–water partition coefficient (Wildman–Crippen LogP) is 0.922. The molecule has 64 heavy (non-hydrogen) atoms.